The average Bonchev–Trinajstić information content (AvgIpc) is 2.47. The second kappa shape index (κ2) is 8.18. The van der Waals surface area contributed by atoms with Crippen molar-refractivity contribution in [3.05, 3.63) is 63.3 Å². The van der Waals surface area contributed by atoms with Crippen molar-refractivity contribution in [2.75, 3.05) is 12.8 Å². The van der Waals surface area contributed by atoms with Gasteiger partial charge in [0.25, 0.3) is 0 Å². The van der Waals surface area contributed by atoms with Crippen LogP contribution in [0.4, 0.5) is 4.39 Å². The van der Waals surface area contributed by atoms with Gasteiger partial charge in [0.2, 0.25) is 0 Å². The maximum absolute atomic E-state index is 13.2. The van der Waals surface area contributed by atoms with Crippen LogP contribution in [0.3, 0.4) is 0 Å². The van der Waals surface area contributed by atoms with Crippen molar-refractivity contribution < 1.29 is 4.39 Å². The largest absolute Gasteiger partial charge is 0.316 e. The number of halogens is 3. The minimum Gasteiger partial charge on any atom is -0.316 e. The Morgan fingerprint density at radius 1 is 1.29 bits per heavy atom. The van der Waals surface area contributed by atoms with Crippen molar-refractivity contribution in [3.8, 4) is 0 Å². The summed E-state index contributed by atoms with van der Waals surface area (Å²) in [4.78, 5) is 1.16. The standard InChI is InChI=1S/C16H16BrClFNS/c1-20-13(7-11-5-6-16(19)15(17)8-11)10-21-14-4-2-3-12(18)9-14/h2-6,8-9,13,20H,7,10H2,1H3. The second-order valence-corrected chi connectivity index (χ2v) is 7.09. The van der Waals surface area contributed by atoms with Gasteiger partial charge in [-0.15, -0.1) is 11.8 Å². The topological polar surface area (TPSA) is 12.0 Å². The van der Waals surface area contributed by atoms with Crippen LogP contribution >= 0.6 is 39.3 Å². The third kappa shape index (κ3) is 5.29. The van der Waals surface area contributed by atoms with Gasteiger partial charge in [0.05, 0.1) is 4.47 Å². The molecule has 2 aromatic carbocycles. The molecule has 1 unspecified atom stereocenters. The summed E-state index contributed by atoms with van der Waals surface area (Å²) in [5, 5.41) is 4.06. The molecule has 1 atom stereocenters. The van der Waals surface area contributed by atoms with E-state index in [-0.39, 0.29) is 5.82 Å². The molecule has 0 aliphatic carbocycles. The van der Waals surface area contributed by atoms with Crippen LogP contribution in [0.5, 0.6) is 0 Å². The molecule has 2 rings (SSSR count). The van der Waals surface area contributed by atoms with Crippen molar-refractivity contribution in [3.63, 3.8) is 0 Å². The molecule has 21 heavy (non-hydrogen) atoms. The fraction of sp³-hybridized carbons (Fsp3) is 0.250. The van der Waals surface area contributed by atoms with E-state index in [0.29, 0.717) is 10.5 Å². The van der Waals surface area contributed by atoms with Crippen LogP contribution in [0.25, 0.3) is 0 Å². The fourth-order valence-corrected chi connectivity index (χ4v) is 3.69. The van der Waals surface area contributed by atoms with Crippen LogP contribution in [0.15, 0.2) is 51.8 Å². The van der Waals surface area contributed by atoms with Crippen molar-refractivity contribution >= 4 is 39.3 Å². The van der Waals surface area contributed by atoms with Gasteiger partial charge < -0.3 is 5.32 Å². The van der Waals surface area contributed by atoms with Gasteiger partial charge in [0, 0.05) is 21.7 Å². The lowest BCUT2D eigenvalue weighted by Crippen LogP contribution is -2.30. The Balaban J connectivity index is 1.95. The highest BCUT2D eigenvalue weighted by molar-refractivity contribution is 9.10. The number of hydrogen-bond donors (Lipinski definition) is 1. The summed E-state index contributed by atoms with van der Waals surface area (Å²) in [6.45, 7) is 0. The molecule has 0 fully saturated rings. The normalized spacial score (nSPS) is 12.4. The van der Waals surface area contributed by atoms with E-state index in [1.54, 1.807) is 11.8 Å². The third-order valence-corrected chi connectivity index (χ3v) is 5.12. The lowest BCUT2D eigenvalue weighted by molar-refractivity contribution is 0.606. The van der Waals surface area contributed by atoms with Crippen molar-refractivity contribution in [2.45, 2.75) is 17.4 Å². The van der Waals surface area contributed by atoms with Gasteiger partial charge in [0.15, 0.2) is 0 Å². The number of hydrogen-bond acceptors (Lipinski definition) is 2. The van der Waals surface area contributed by atoms with Crippen LogP contribution in [-0.4, -0.2) is 18.8 Å². The minimum atomic E-state index is -0.229. The highest BCUT2D eigenvalue weighted by Gasteiger charge is 2.10. The number of rotatable bonds is 6. The van der Waals surface area contributed by atoms with Gasteiger partial charge in [-0.2, -0.15) is 0 Å². The lowest BCUT2D eigenvalue weighted by atomic mass is 10.1. The zero-order valence-electron chi connectivity index (χ0n) is 11.6. The predicted octanol–water partition coefficient (Wildman–Crippen LogP) is 5.16. The monoisotopic (exact) mass is 387 g/mol. The molecule has 0 spiro atoms. The van der Waals surface area contributed by atoms with E-state index in [4.69, 9.17) is 11.6 Å². The van der Waals surface area contributed by atoms with Gasteiger partial charge in [-0.05, 0) is 65.3 Å². The Hall–Kier alpha value is -0.550. The second-order valence-electron chi connectivity index (χ2n) is 4.71. The van der Waals surface area contributed by atoms with Crippen molar-refractivity contribution in [1.82, 2.24) is 5.32 Å². The molecule has 0 heterocycles. The van der Waals surface area contributed by atoms with Gasteiger partial charge in [-0.3, -0.25) is 0 Å². The van der Waals surface area contributed by atoms with Crippen LogP contribution in [0.2, 0.25) is 5.02 Å². The minimum absolute atomic E-state index is 0.229. The predicted molar refractivity (Wildman–Crippen MR) is 92.8 cm³/mol. The molecular formula is C16H16BrClFNS. The number of likely N-dealkylation sites (N-methyl/N-ethyl adjacent to an activating group) is 1. The molecule has 5 heteroatoms. The Morgan fingerprint density at radius 2 is 2.10 bits per heavy atom. The number of thioether (sulfide) groups is 1. The number of benzene rings is 2. The van der Waals surface area contributed by atoms with Crippen molar-refractivity contribution in [1.29, 1.82) is 0 Å². The summed E-state index contributed by atoms with van der Waals surface area (Å²) in [6.07, 6.45) is 0.850. The highest BCUT2D eigenvalue weighted by Crippen LogP contribution is 2.23. The van der Waals surface area contributed by atoms with E-state index in [0.717, 1.165) is 27.7 Å². The first-order valence-electron chi connectivity index (χ1n) is 6.58. The Morgan fingerprint density at radius 3 is 2.76 bits per heavy atom. The highest BCUT2D eigenvalue weighted by atomic mass is 79.9. The van der Waals surface area contributed by atoms with E-state index < -0.39 is 0 Å². The summed E-state index contributed by atoms with van der Waals surface area (Å²) in [6, 6.07) is 13.3. The summed E-state index contributed by atoms with van der Waals surface area (Å²) in [5.74, 6) is 0.694. The SMILES string of the molecule is CNC(CSc1cccc(Cl)c1)Cc1ccc(F)c(Br)c1. The quantitative estimate of drug-likeness (QED) is 0.686. The first-order valence-corrected chi connectivity index (χ1v) is 8.73. The molecular weight excluding hydrogens is 373 g/mol. The molecule has 0 aliphatic heterocycles. The van der Waals surface area contributed by atoms with Gasteiger partial charge in [-0.1, -0.05) is 23.7 Å². The smallest absolute Gasteiger partial charge is 0.137 e. The molecule has 0 aromatic heterocycles. The molecule has 0 saturated heterocycles. The first kappa shape index (κ1) is 16.8. The average molecular weight is 389 g/mol. The van der Waals surface area contributed by atoms with E-state index >= 15 is 0 Å². The maximum atomic E-state index is 13.2. The summed E-state index contributed by atoms with van der Waals surface area (Å²) in [7, 11) is 1.95. The Bertz CT molecular complexity index is 609. The zero-order valence-corrected chi connectivity index (χ0v) is 14.7. The van der Waals surface area contributed by atoms with Crippen molar-refractivity contribution in [2.24, 2.45) is 0 Å². The molecule has 0 aliphatic rings. The summed E-state index contributed by atoms with van der Waals surface area (Å²) in [5.41, 5.74) is 1.11. The summed E-state index contributed by atoms with van der Waals surface area (Å²) >= 11 is 11.0. The molecule has 0 radical (unpaired) electrons. The number of nitrogens with one attached hydrogen (secondary N) is 1. The summed E-state index contributed by atoms with van der Waals surface area (Å²) < 4.78 is 13.8. The van der Waals surface area contributed by atoms with Gasteiger partial charge >= 0.3 is 0 Å². The maximum Gasteiger partial charge on any atom is 0.137 e. The molecule has 2 aromatic rings. The molecule has 1 N–H and O–H groups in total. The molecule has 0 amide bonds. The van der Waals surface area contributed by atoms with Crippen LogP contribution in [0, 0.1) is 5.82 Å². The molecule has 1 nitrogen and oxygen atoms in total. The van der Waals surface area contributed by atoms with Gasteiger partial charge in [-0.25, -0.2) is 4.39 Å². The molecule has 0 bridgehead atoms. The molecule has 112 valence electrons. The van der Waals surface area contributed by atoms with Crippen LogP contribution < -0.4 is 5.32 Å². The Labute approximate surface area is 142 Å². The molecule has 0 saturated carbocycles. The van der Waals surface area contributed by atoms with E-state index in [2.05, 4.69) is 27.3 Å². The van der Waals surface area contributed by atoms with E-state index in [9.17, 15) is 4.39 Å². The van der Waals surface area contributed by atoms with E-state index in [1.165, 1.54) is 6.07 Å². The Kier molecular flexibility index (Phi) is 6.55. The van der Waals surface area contributed by atoms with E-state index in [1.807, 2.05) is 37.4 Å². The third-order valence-electron chi connectivity index (χ3n) is 3.12. The first-order chi connectivity index (χ1) is 10.1. The zero-order chi connectivity index (χ0) is 15.2. The van der Waals surface area contributed by atoms with Crippen LogP contribution in [-0.2, 0) is 6.42 Å². The fourth-order valence-electron chi connectivity index (χ4n) is 1.95. The van der Waals surface area contributed by atoms with Gasteiger partial charge in [0.1, 0.15) is 5.82 Å². The van der Waals surface area contributed by atoms with Crippen LogP contribution in [0.1, 0.15) is 5.56 Å². The lowest BCUT2D eigenvalue weighted by Gasteiger charge is -2.16.